The highest BCUT2D eigenvalue weighted by atomic mass is 35.5. The number of fused-ring (bicyclic) bond motifs is 1. The summed E-state index contributed by atoms with van der Waals surface area (Å²) in [5, 5.41) is 3.61. The molecule has 19 heavy (non-hydrogen) atoms. The first-order valence-electron chi connectivity index (χ1n) is 6.96. The van der Waals surface area contributed by atoms with Gasteiger partial charge in [-0.3, -0.25) is 0 Å². The highest BCUT2D eigenvalue weighted by molar-refractivity contribution is 5.85. The summed E-state index contributed by atoms with van der Waals surface area (Å²) in [6, 6.07) is 6.70. The fourth-order valence-electron chi connectivity index (χ4n) is 2.39. The van der Waals surface area contributed by atoms with Crippen LogP contribution in [0.5, 0.6) is 11.5 Å². The van der Waals surface area contributed by atoms with Gasteiger partial charge in [0.1, 0.15) is 0 Å². The van der Waals surface area contributed by atoms with E-state index in [4.69, 9.17) is 9.47 Å². The fourth-order valence-corrected chi connectivity index (χ4v) is 2.39. The molecule has 0 bridgehead atoms. The van der Waals surface area contributed by atoms with E-state index in [-0.39, 0.29) is 12.4 Å². The van der Waals surface area contributed by atoms with Crippen molar-refractivity contribution in [1.29, 1.82) is 0 Å². The number of hydrogen-bond donors (Lipinski definition) is 1. The quantitative estimate of drug-likeness (QED) is 0.831. The van der Waals surface area contributed by atoms with E-state index in [9.17, 15) is 0 Å². The van der Waals surface area contributed by atoms with E-state index in [2.05, 4.69) is 25.2 Å². The Morgan fingerprint density at radius 1 is 1.21 bits per heavy atom. The molecule has 1 aromatic carbocycles. The minimum atomic E-state index is 0. The third-order valence-corrected chi connectivity index (χ3v) is 3.26. The molecular weight excluding hydrogens is 262 g/mol. The Morgan fingerprint density at radius 3 is 2.79 bits per heavy atom. The monoisotopic (exact) mass is 285 g/mol. The lowest BCUT2D eigenvalue weighted by Gasteiger charge is -2.18. The summed E-state index contributed by atoms with van der Waals surface area (Å²) in [5.41, 5.74) is 1.26. The zero-order valence-corrected chi connectivity index (χ0v) is 12.6. The maximum absolute atomic E-state index is 5.56. The predicted octanol–water partition coefficient (Wildman–Crippen LogP) is 3.55. The van der Waals surface area contributed by atoms with Gasteiger partial charge in [0.25, 0.3) is 0 Å². The molecule has 0 amide bonds. The van der Waals surface area contributed by atoms with Gasteiger partial charge in [-0.1, -0.05) is 32.4 Å². The Balaban J connectivity index is 0.00000180. The van der Waals surface area contributed by atoms with Gasteiger partial charge in [0, 0.05) is 6.04 Å². The van der Waals surface area contributed by atoms with E-state index in [1.807, 2.05) is 12.1 Å². The van der Waals surface area contributed by atoms with Gasteiger partial charge in [0.15, 0.2) is 11.5 Å². The Kier molecular flexibility index (Phi) is 7.03. The number of benzene rings is 1. The minimum Gasteiger partial charge on any atom is -0.454 e. The zero-order valence-electron chi connectivity index (χ0n) is 11.8. The van der Waals surface area contributed by atoms with Crippen LogP contribution in [-0.4, -0.2) is 19.4 Å². The van der Waals surface area contributed by atoms with Crippen molar-refractivity contribution in [2.75, 3.05) is 13.3 Å². The molecule has 1 aliphatic heterocycles. The van der Waals surface area contributed by atoms with Crippen molar-refractivity contribution in [3.63, 3.8) is 0 Å². The molecule has 0 radical (unpaired) electrons. The second kappa shape index (κ2) is 8.28. The number of halogens is 1. The van der Waals surface area contributed by atoms with Gasteiger partial charge < -0.3 is 14.8 Å². The molecule has 0 aliphatic carbocycles. The smallest absolute Gasteiger partial charge is 0.231 e. The third-order valence-electron chi connectivity index (χ3n) is 3.26. The van der Waals surface area contributed by atoms with Crippen molar-refractivity contribution < 1.29 is 9.47 Å². The number of hydrogen-bond acceptors (Lipinski definition) is 3. The molecule has 0 saturated heterocycles. The van der Waals surface area contributed by atoms with Crippen molar-refractivity contribution in [2.45, 2.75) is 45.6 Å². The van der Waals surface area contributed by atoms with Gasteiger partial charge in [0.05, 0.1) is 0 Å². The van der Waals surface area contributed by atoms with Crippen molar-refractivity contribution >= 4 is 12.4 Å². The van der Waals surface area contributed by atoms with Gasteiger partial charge in [0.2, 0.25) is 6.79 Å². The van der Waals surface area contributed by atoms with Gasteiger partial charge in [-0.05, 0) is 37.4 Å². The van der Waals surface area contributed by atoms with Gasteiger partial charge in [-0.15, -0.1) is 12.4 Å². The SMILES string of the molecule is CCCNC(CCC)Cc1cccc2c1OCO2.Cl. The average molecular weight is 286 g/mol. The Bertz CT molecular complexity index is 384. The first-order valence-corrected chi connectivity index (χ1v) is 6.96. The van der Waals surface area contributed by atoms with Crippen molar-refractivity contribution in [2.24, 2.45) is 0 Å². The molecule has 1 unspecified atom stereocenters. The minimum absolute atomic E-state index is 0. The first kappa shape index (κ1) is 16.1. The van der Waals surface area contributed by atoms with Gasteiger partial charge >= 0.3 is 0 Å². The van der Waals surface area contributed by atoms with Crippen LogP contribution < -0.4 is 14.8 Å². The number of para-hydroxylation sites is 1. The fraction of sp³-hybridized carbons (Fsp3) is 0.600. The van der Waals surface area contributed by atoms with Crippen LogP contribution in [0.1, 0.15) is 38.7 Å². The predicted molar refractivity (Wildman–Crippen MR) is 80.5 cm³/mol. The molecule has 2 rings (SSSR count). The van der Waals surface area contributed by atoms with Crippen LogP contribution in [-0.2, 0) is 6.42 Å². The molecule has 108 valence electrons. The summed E-state index contributed by atoms with van der Waals surface area (Å²) < 4.78 is 11.0. The summed E-state index contributed by atoms with van der Waals surface area (Å²) in [5.74, 6) is 1.83. The van der Waals surface area contributed by atoms with Crippen LogP contribution in [0.25, 0.3) is 0 Å². The van der Waals surface area contributed by atoms with E-state index in [1.165, 1.54) is 24.8 Å². The molecule has 0 fully saturated rings. The molecule has 4 heteroatoms. The van der Waals surface area contributed by atoms with Crippen LogP contribution in [0.15, 0.2) is 18.2 Å². The number of ether oxygens (including phenoxy) is 2. The summed E-state index contributed by atoms with van der Waals surface area (Å²) in [4.78, 5) is 0. The topological polar surface area (TPSA) is 30.5 Å². The van der Waals surface area contributed by atoms with Crippen LogP contribution in [0.2, 0.25) is 0 Å². The van der Waals surface area contributed by atoms with Crippen LogP contribution in [0, 0.1) is 0 Å². The van der Waals surface area contributed by atoms with Gasteiger partial charge in [-0.2, -0.15) is 0 Å². The molecule has 0 aromatic heterocycles. The summed E-state index contributed by atoms with van der Waals surface area (Å²) in [7, 11) is 0. The van der Waals surface area contributed by atoms with Crippen LogP contribution >= 0.6 is 12.4 Å². The first-order chi connectivity index (χ1) is 8.85. The summed E-state index contributed by atoms with van der Waals surface area (Å²) in [6.07, 6.45) is 4.59. The highest BCUT2D eigenvalue weighted by Gasteiger charge is 2.19. The van der Waals surface area contributed by atoms with Crippen LogP contribution in [0.4, 0.5) is 0 Å². The molecule has 1 atom stereocenters. The average Bonchev–Trinajstić information content (AvgIpc) is 2.85. The van der Waals surface area contributed by atoms with E-state index >= 15 is 0 Å². The highest BCUT2D eigenvalue weighted by Crippen LogP contribution is 2.36. The largest absolute Gasteiger partial charge is 0.454 e. The molecule has 3 nitrogen and oxygen atoms in total. The standard InChI is InChI=1S/C15H23NO2.ClH/c1-3-6-13(16-9-4-2)10-12-7-5-8-14-15(12)18-11-17-14;/h5,7-8,13,16H,3-4,6,9-11H2,1-2H3;1H. The molecule has 1 N–H and O–H groups in total. The van der Waals surface area contributed by atoms with Crippen molar-refractivity contribution in [3.05, 3.63) is 23.8 Å². The number of nitrogens with one attached hydrogen (secondary N) is 1. The van der Waals surface area contributed by atoms with Crippen molar-refractivity contribution in [3.8, 4) is 11.5 Å². The van der Waals surface area contributed by atoms with Gasteiger partial charge in [-0.25, -0.2) is 0 Å². The van der Waals surface area contributed by atoms with E-state index in [1.54, 1.807) is 0 Å². The Labute approximate surface area is 122 Å². The lowest BCUT2D eigenvalue weighted by Crippen LogP contribution is -2.31. The van der Waals surface area contributed by atoms with Crippen molar-refractivity contribution in [1.82, 2.24) is 5.32 Å². The third kappa shape index (κ3) is 4.29. The molecule has 0 spiro atoms. The lowest BCUT2D eigenvalue weighted by molar-refractivity contribution is 0.173. The van der Waals surface area contributed by atoms with E-state index in [0.29, 0.717) is 12.8 Å². The maximum atomic E-state index is 5.56. The normalized spacial score (nSPS) is 14.0. The Hall–Kier alpha value is -0.930. The summed E-state index contributed by atoms with van der Waals surface area (Å²) in [6.45, 7) is 5.87. The molecule has 0 saturated carbocycles. The Morgan fingerprint density at radius 2 is 2.05 bits per heavy atom. The zero-order chi connectivity index (χ0) is 12.8. The van der Waals surface area contributed by atoms with E-state index in [0.717, 1.165) is 24.5 Å². The second-order valence-corrected chi connectivity index (χ2v) is 4.79. The summed E-state index contributed by atoms with van der Waals surface area (Å²) >= 11 is 0. The molecule has 1 heterocycles. The number of rotatable bonds is 7. The molecule has 1 aromatic rings. The van der Waals surface area contributed by atoms with Crippen LogP contribution in [0.3, 0.4) is 0 Å². The van der Waals surface area contributed by atoms with E-state index < -0.39 is 0 Å². The maximum Gasteiger partial charge on any atom is 0.231 e. The second-order valence-electron chi connectivity index (χ2n) is 4.79. The molecular formula is C15H24ClNO2. The molecule has 1 aliphatic rings. The lowest BCUT2D eigenvalue weighted by atomic mass is 10.0.